The average Bonchev–Trinajstić information content (AvgIpc) is 2.78. The largest absolute Gasteiger partial charge is 0.416 e. The van der Waals surface area contributed by atoms with Crippen molar-refractivity contribution in [3.63, 3.8) is 0 Å². The number of carbonyl (C=O) groups excluding carboxylic acids is 3. The van der Waals surface area contributed by atoms with E-state index >= 15 is 0 Å². The van der Waals surface area contributed by atoms with Crippen LogP contribution in [0.1, 0.15) is 44.7 Å². The van der Waals surface area contributed by atoms with Gasteiger partial charge in [-0.2, -0.15) is 13.2 Å². The Hall–Kier alpha value is -3.68. The van der Waals surface area contributed by atoms with Crippen LogP contribution in [0.3, 0.4) is 0 Å². The molecule has 0 unspecified atom stereocenters. The quantitative estimate of drug-likeness (QED) is 0.572. The Labute approximate surface area is 181 Å². The number of imide groups is 1. The van der Waals surface area contributed by atoms with Crippen LogP contribution in [0.25, 0.3) is 10.8 Å². The smallest absolute Gasteiger partial charge is 0.352 e. The van der Waals surface area contributed by atoms with Crippen LogP contribution in [0.4, 0.5) is 13.2 Å². The normalized spacial score (nSPS) is 13.5. The summed E-state index contributed by atoms with van der Waals surface area (Å²) in [6.45, 7) is 0.185. The fraction of sp³-hybridized carbons (Fsp3) is 0.208. The standard InChI is InChI=1S/C24H19F3N2O3/c25-24(26,27)17-11-9-15(10-12-17)14-28-20(30)8-3-13-29-22(31)18-6-1-4-16-5-2-7-19(21(16)18)23(29)32/h1-2,4-7,9-12H,3,8,13-14H2,(H,28,30). The Bertz CT molecular complexity index is 1150. The van der Waals surface area contributed by atoms with Crippen LogP contribution in [0.5, 0.6) is 0 Å². The summed E-state index contributed by atoms with van der Waals surface area (Å²) < 4.78 is 37.8. The summed E-state index contributed by atoms with van der Waals surface area (Å²) in [4.78, 5) is 38.9. The van der Waals surface area contributed by atoms with Gasteiger partial charge in [0.05, 0.1) is 5.56 Å². The van der Waals surface area contributed by atoms with Crippen molar-refractivity contribution in [2.45, 2.75) is 25.6 Å². The third-order valence-electron chi connectivity index (χ3n) is 5.41. The molecule has 0 atom stereocenters. The fourth-order valence-corrected chi connectivity index (χ4v) is 3.78. The number of hydrogen-bond donors (Lipinski definition) is 1. The fourth-order valence-electron chi connectivity index (χ4n) is 3.78. The van der Waals surface area contributed by atoms with Crippen LogP contribution >= 0.6 is 0 Å². The molecule has 164 valence electrons. The van der Waals surface area contributed by atoms with Gasteiger partial charge in [-0.15, -0.1) is 0 Å². The molecule has 0 aromatic heterocycles. The number of nitrogens with one attached hydrogen (secondary N) is 1. The number of carbonyl (C=O) groups is 3. The van der Waals surface area contributed by atoms with Crippen molar-refractivity contribution >= 4 is 28.5 Å². The lowest BCUT2D eigenvalue weighted by molar-refractivity contribution is -0.137. The van der Waals surface area contributed by atoms with Crippen molar-refractivity contribution in [3.8, 4) is 0 Å². The molecule has 0 bridgehead atoms. The number of nitrogens with zero attached hydrogens (tertiary/aromatic N) is 1. The number of halogens is 3. The molecule has 3 aromatic carbocycles. The zero-order valence-corrected chi connectivity index (χ0v) is 16.9. The summed E-state index contributed by atoms with van der Waals surface area (Å²) in [7, 11) is 0. The third kappa shape index (κ3) is 4.21. The topological polar surface area (TPSA) is 66.5 Å². The maximum absolute atomic E-state index is 12.8. The van der Waals surface area contributed by atoms with Crippen molar-refractivity contribution in [2.24, 2.45) is 0 Å². The van der Waals surface area contributed by atoms with Gasteiger partial charge in [-0.05, 0) is 41.6 Å². The highest BCUT2D eigenvalue weighted by atomic mass is 19.4. The van der Waals surface area contributed by atoms with Crippen LogP contribution in [-0.2, 0) is 17.5 Å². The first kappa shape index (κ1) is 21.5. The molecule has 0 saturated heterocycles. The molecular weight excluding hydrogens is 421 g/mol. The van der Waals surface area contributed by atoms with Crippen LogP contribution in [0.2, 0.25) is 0 Å². The summed E-state index contributed by atoms with van der Waals surface area (Å²) >= 11 is 0. The zero-order valence-electron chi connectivity index (χ0n) is 16.9. The van der Waals surface area contributed by atoms with E-state index in [2.05, 4.69) is 5.32 Å². The molecule has 8 heteroatoms. The van der Waals surface area contributed by atoms with Gasteiger partial charge in [-0.25, -0.2) is 0 Å². The lowest BCUT2D eigenvalue weighted by atomic mass is 9.94. The first-order valence-corrected chi connectivity index (χ1v) is 10.1. The summed E-state index contributed by atoms with van der Waals surface area (Å²) in [5.41, 5.74) is 0.715. The zero-order chi connectivity index (χ0) is 22.9. The SMILES string of the molecule is O=C(CCCN1C(=O)c2cccc3cccc(c23)C1=O)NCc1ccc(C(F)(F)F)cc1. The number of hydrogen-bond acceptors (Lipinski definition) is 3. The van der Waals surface area contributed by atoms with E-state index in [0.717, 1.165) is 22.4 Å². The van der Waals surface area contributed by atoms with Gasteiger partial charge in [0.2, 0.25) is 5.91 Å². The average molecular weight is 440 g/mol. The molecule has 5 nitrogen and oxygen atoms in total. The summed E-state index contributed by atoms with van der Waals surface area (Å²) in [6.07, 6.45) is -4.06. The molecule has 0 aliphatic carbocycles. The molecule has 1 heterocycles. The predicted molar refractivity (Wildman–Crippen MR) is 112 cm³/mol. The number of benzene rings is 3. The molecule has 32 heavy (non-hydrogen) atoms. The van der Waals surface area contributed by atoms with E-state index in [0.29, 0.717) is 22.1 Å². The van der Waals surface area contributed by atoms with Crippen LogP contribution in [-0.4, -0.2) is 29.2 Å². The van der Waals surface area contributed by atoms with Gasteiger partial charge in [-0.1, -0.05) is 36.4 Å². The molecule has 1 aliphatic heterocycles. The molecule has 1 N–H and O–H groups in total. The number of alkyl halides is 3. The van der Waals surface area contributed by atoms with Gasteiger partial charge in [0.25, 0.3) is 11.8 Å². The molecule has 0 fully saturated rings. The molecule has 3 aromatic rings. The Morgan fingerprint density at radius 1 is 0.875 bits per heavy atom. The lowest BCUT2D eigenvalue weighted by Gasteiger charge is -2.27. The maximum atomic E-state index is 12.8. The van der Waals surface area contributed by atoms with Crippen LogP contribution in [0.15, 0.2) is 60.7 Å². The van der Waals surface area contributed by atoms with Crippen molar-refractivity contribution in [1.29, 1.82) is 0 Å². The van der Waals surface area contributed by atoms with Crippen LogP contribution in [0, 0.1) is 0 Å². The molecule has 0 spiro atoms. The van der Waals surface area contributed by atoms with E-state index in [1.165, 1.54) is 12.1 Å². The molecule has 0 radical (unpaired) electrons. The lowest BCUT2D eigenvalue weighted by Crippen LogP contribution is -2.41. The molecule has 4 rings (SSSR count). The predicted octanol–water partition coefficient (Wildman–Crippen LogP) is 4.55. The minimum absolute atomic E-state index is 0.0730. The second-order valence-corrected chi connectivity index (χ2v) is 7.55. The Balaban J connectivity index is 1.32. The van der Waals surface area contributed by atoms with E-state index in [4.69, 9.17) is 0 Å². The highest BCUT2D eigenvalue weighted by molar-refractivity contribution is 6.25. The monoisotopic (exact) mass is 440 g/mol. The summed E-state index contributed by atoms with van der Waals surface area (Å²) in [5, 5.41) is 4.11. The van der Waals surface area contributed by atoms with Gasteiger partial charge in [0.15, 0.2) is 0 Å². The molecule has 3 amide bonds. The highest BCUT2D eigenvalue weighted by Gasteiger charge is 2.32. The van der Waals surface area contributed by atoms with Crippen molar-refractivity contribution < 1.29 is 27.6 Å². The first-order chi connectivity index (χ1) is 15.3. The van der Waals surface area contributed by atoms with Gasteiger partial charge in [0.1, 0.15) is 0 Å². The Morgan fingerprint density at radius 2 is 1.47 bits per heavy atom. The highest BCUT2D eigenvalue weighted by Crippen LogP contribution is 2.30. The van der Waals surface area contributed by atoms with E-state index in [1.54, 1.807) is 24.3 Å². The number of amides is 3. The van der Waals surface area contributed by atoms with Gasteiger partial charge >= 0.3 is 6.18 Å². The van der Waals surface area contributed by atoms with Gasteiger partial charge in [-0.3, -0.25) is 19.3 Å². The van der Waals surface area contributed by atoms with Crippen LogP contribution < -0.4 is 5.32 Å². The maximum Gasteiger partial charge on any atom is 0.416 e. The summed E-state index contributed by atoms with van der Waals surface area (Å²) in [6, 6.07) is 15.2. The minimum atomic E-state index is -4.41. The van der Waals surface area contributed by atoms with E-state index in [1.807, 2.05) is 12.1 Å². The Morgan fingerprint density at radius 3 is 2.03 bits per heavy atom. The minimum Gasteiger partial charge on any atom is -0.352 e. The van der Waals surface area contributed by atoms with Gasteiger partial charge in [0, 0.05) is 36.0 Å². The molecule has 1 aliphatic rings. The second-order valence-electron chi connectivity index (χ2n) is 7.55. The first-order valence-electron chi connectivity index (χ1n) is 10.1. The van der Waals surface area contributed by atoms with E-state index < -0.39 is 11.7 Å². The summed E-state index contributed by atoms with van der Waals surface area (Å²) in [5.74, 6) is -1.08. The molecule has 0 saturated carbocycles. The Kier molecular flexibility index (Phi) is 5.69. The van der Waals surface area contributed by atoms with E-state index in [9.17, 15) is 27.6 Å². The van der Waals surface area contributed by atoms with Crippen molar-refractivity contribution in [3.05, 3.63) is 82.9 Å². The number of rotatable bonds is 6. The van der Waals surface area contributed by atoms with Crippen molar-refractivity contribution in [1.82, 2.24) is 10.2 Å². The molecular formula is C24H19F3N2O3. The van der Waals surface area contributed by atoms with E-state index in [-0.39, 0.29) is 43.7 Å². The van der Waals surface area contributed by atoms with Gasteiger partial charge < -0.3 is 5.32 Å². The van der Waals surface area contributed by atoms with Crippen molar-refractivity contribution in [2.75, 3.05) is 6.54 Å². The second kappa shape index (κ2) is 8.45. The third-order valence-corrected chi connectivity index (χ3v) is 5.41.